The van der Waals surface area contributed by atoms with Gasteiger partial charge in [0.05, 0.1) is 4.91 Å². The van der Waals surface area contributed by atoms with Gasteiger partial charge in [0, 0.05) is 16.4 Å². The molecule has 3 rings (SSSR count). The van der Waals surface area contributed by atoms with Gasteiger partial charge in [0.2, 0.25) is 0 Å². The SMILES string of the molecule is C=CCN1C(=O)S/C(=C\c2cc(-c3ccc(Cl)cc3)cs2)C1=O. The molecular formula is C17H12ClNO2S2. The molecule has 0 bridgehead atoms. The summed E-state index contributed by atoms with van der Waals surface area (Å²) < 4.78 is 0. The van der Waals surface area contributed by atoms with Crippen LogP contribution < -0.4 is 0 Å². The molecule has 1 saturated heterocycles. The van der Waals surface area contributed by atoms with Gasteiger partial charge in [-0.05, 0) is 52.5 Å². The van der Waals surface area contributed by atoms with Gasteiger partial charge < -0.3 is 0 Å². The van der Waals surface area contributed by atoms with Crippen LogP contribution in [0.15, 0.2) is 53.3 Å². The zero-order valence-electron chi connectivity index (χ0n) is 12.0. The highest BCUT2D eigenvalue weighted by atomic mass is 35.5. The van der Waals surface area contributed by atoms with Crippen molar-refractivity contribution in [2.45, 2.75) is 0 Å². The van der Waals surface area contributed by atoms with Crippen molar-refractivity contribution in [1.29, 1.82) is 0 Å². The minimum Gasteiger partial charge on any atom is -0.268 e. The topological polar surface area (TPSA) is 37.4 Å². The molecule has 2 aromatic rings. The maximum atomic E-state index is 12.2. The summed E-state index contributed by atoms with van der Waals surface area (Å²) in [5.41, 5.74) is 2.12. The lowest BCUT2D eigenvalue weighted by atomic mass is 10.1. The second-order valence-corrected chi connectivity index (χ2v) is 7.20. The molecule has 1 aliphatic rings. The lowest BCUT2D eigenvalue weighted by Gasteiger charge is -2.07. The normalized spacial score (nSPS) is 16.4. The van der Waals surface area contributed by atoms with Crippen molar-refractivity contribution < 1.29 is 9.59 Å². The summed E-state index contributed by atoms with van der Waals surface area (Å²) in [6.45, 7) is 3.80. The number of imide groups is 1. The average molecular weight is 362 g/mol. The Bertz CT molecular complexity index is 808. The van der Waals surface area contributed by atoms with Gasteiger partial charge in [-0.25, -0.2) is 0 Å². The number of rotatable bonds is 4. The fraction of sp³-hybridized carbons (Fsp3) is 0.0588. The van der Waals surface area contributed by atoms with Crippen molar-refractivity contribution in [2.75, 3.05) is 6.54 Å². The van der Waals surface area contributed by atoms with E-state index < -0.39 is 0 Å². The van der Waals surface area contributed by atoms with E-state index in [1.807, 2.05) is 35.7 Å². The van der Waals surface area contributed by atoms with Gasteiger partial charge in [0.25, 0.3) is 11.1 Å². The van der Waals surface area contributed by atoms with E-state index in [0.29, 0.717) is 9.93 Å². The standard InChI is InChI=1S/C17H12ClNO2S2/c1-2-7-19-16(20)15(23-17(19)21)9-14-8-12(10-22-14)11-3-5-13(18)6-4-11/h2-6,8-10H,1,7H2/b15-9-. The molecule has 23 heavy (non-hydrogen) atoms. The predicted octanol–water partition coefficient (Wildman–Crippen LogP) is 5.29. The minimum atomic E-state index is -0.263. The molecular weight excluding hydrogens is 350 g/mol. The fourth-order valence-electron chi connectivity index (χ4n) is 2.14. The molecule has 2 amide bonds. The summed E-state index contributed by atoms with van der Waals surface area (Å²) in [5.74, 6) is -0.263. The zero-order chi connectivity index (χ0) is 16.4. The van der Waals surface area contributed by atoms with Gasteiger partial charge in [-0.2, -0.15) is 0 Å². The molecule has 0 unspecified atom stereocenters. The molecule has 0 spiro atoms. The van der Waals surface area contributed by atoms with Crippen molar-refractivity contribution in [3.63, 3.8) is 0 Å². The Morgan fingerprint density at radius 3 is 2.61 bits per heavy atom. The molecule has 1 aromatic heterocycles. The van der Waals surface area contributed by atoms with Gasteiger partial charge in [0.1, 0.15) is 0 Å². The summed E-state index contributed by atoms with van der Waals surface area (Å²) in [6, 6.07) is 9.58. The number of hydrogen-bond donors (Lipinski definition) is 0. The first-order chi connectivity index (χ1) is 11.1. The first-order valence-corrected chi connectivity index (χ1v) is 8.86. The second kappa shape index (κ2) is 6.74. The largest absolute Gasteiger partial charge is 0.293 e. The number of carbonyl (C=O) groups is 2. The molecule has 3 nitrogen and oxygen atoms in total. The van der Waals surface area contributed by atoms with Crippen molar-refractivity contribution in [3.05, 3.63) is 63.2 Å². The van der Waals surface area contributed by atoms with Crippen LogP contribution in [0.2, 0.25) is 5.02 Å². The Hall–Kier alpha value is -1.82. The highest BCUT2D eigenvalue weighted by Gasteiger charge is 2.34. The number of thioether (sulfide) groups is 1. The number of benzene rings is 1. The van der Waals surface area contributed by atoms with E-state index >= 15 is 0 Å². The molecule has 0 aliphatic carbocycles. The van der Waals surface area contributed by atoms with E-state index in [9.17, 15) is 9.59 Å². The first kappa shape index (κ1) is 16.1. The zero-order valence-corrected chi connectivity index (χ0v) is 14.4. The van der Waals surface area contributed by atoms with E-state index in [1.54, 1.807) is 12.2 Å². The van der Waals surface area contributed by atoms with Crippen LogP contribution in [0.4, 0.5) is 4.79 Å². The highest BCUT2D eigenvalue weighted by Crippen LogP contribution is 2.34. The number of carbonyl (C=O) groups excluding carboxylic acids is 2. The van der Waals surface area contributed by atoms with Crippen molar-refractivity contribution in [3.8, 4) is 11.1 Å². The molecule has 1 aliphatic heterocycles. The van der Waals surface area contributed by atoms with Crippen LogP contribution >= 0.6 is 34.7 Å². The van der Waals surface area contributed by atoms with E-state index in [-0.39, 0.29) is 17.7 Å². The van der Waals surface area contributed by atoms with E-state index in [4.69, 9.17) is 11.6 Å². The van der Waals surface area contributed by atoms with E-state index in [2.05, 4.69) is 6.58 Å². The third-order valence-corrected chi connectivity index (χ3v) is 5.29. The van der Waals surface area contributed by atoms with Gasteiger partial charge >= 0.3 is 0 Å². The van der Waals surface area contributed by atoms with Crippen molar-refractivity contribution >= 4 is 51.9 Å². The summed E-state index contributed by atoms with van der Waals surface area (Å²) in [6.07, 6.45) is 3.31. The smallest absolute Gasteiger partial charge is 0.268 e. The molecule has 116 valence electrons. The molecule has 1 fully saturated rings. The van der Waals surface area contributed by atoms with E-state index in [0.717, 1.165) is 27.8 Å². The molecule has 0 saturated carbocycles. The van der Waals surface area contributed by atoms with Gasteiger partial charge in [-0.15, -0.1) is 17.9 Å². The Morgan fingerprint density at radius 2 is 1.91 bits per heavy atom. The van der Waals surface area contributed by atoms with Crippen LogP contribution in [-0.2, 0) is 4.79 Å². The maximum Gasteiger partial charge on any atom is 0.293 e. The van der Waals surface area contributed by atoms with Crippen LogP contribution in [0.5, 0.6) is 0 Å². The summed E-state index contributed by atoms with van der Waals surface area (Å²) in [5, 5.41) is 2.46. The Labute approximate surface area is 147 Å². The van der Waals surface area contributed by atoms with Gasteiger partial charge in [-0.1, -0.05) is 29.8 Å². The van der Waals surface area contributed by atoms with Gasteiger partial charge in [0.15, 0.2) is 0 Å². The summed E-state index contributed by atoms with van der Waals surface area (Å²) in [4.78, 5) is 26.6. The lowest BCUT2D eigenvalue weighted by Crippen LogP contribution is -2.27. The maximum absolute atomic E-state index is 12.2. The molecule has 1 aromatic carbocycles. The number of amides is 2. The predicted molar refractivity (Wildman–Crippen MR) is 97.6 cm³/mol. The number of nitrogens with zero attached hydrogens (tertiary/aromatic N) is 1. The Kier molecular flexibility index (Phi) is 4.71. The van der Waals surface area contributed by atoms with Crippen LogP contribution in [-0.4, -0.2) is 22.6 Å². The Balaban J connectivity index is 1.84. The Morgan fingerprint density at radius 1 is 1.17 bits per heavy atom. The monoisotopic (exact) mass is 361 g/mol. The molecule has 0 N–H and O–H groups in total. The second-order valence-electron chi connectivity index (χ2n) is 4.83. The van der Waals surface area contributed by atoms with Crippen LogP contribution in [0, 0.1) is 0 Å². The van der Waals surface area contributed by atoms with E-state index in [1.165, 1.54) is 16.2 Å². The molecule has 0 atom stereocenters. The number of halogens is 1. The number of thiophene rings is 1. The third kappa shape index (κ3) is 3.42. The highest BCUT2D eigenvalue weighted by molar-refractivity contribution is 8.18. The third-order valence-electron chi connectivity index (χ3n) is 3.26. The minimum absolute atomic E-state index is 0.239. The average Bonchev–Trinajstić information content (AvgIpc) is 3.09. The van der Waals surface area contributed by atoms with Crippen molar-refractivity contribution in [2.24, 2.45) is 0 Å². The first-order valence-electron chi connectivity index (χ1n) is 6.79. The molecule has 6 heteroatoms. The van der Waals surface area contributed by atoms with Crippen molar-refractivity contribution in [1.82, 2.24) is 4.90 Å². The lowest BCUT2D eigenvalue weighted by molar-refractivity contribution is -0.122. The quantitative estimate of drug-likeness (QED) is 0.548. The van der Waals surface area contributed by atoms with Crippen LogP contribution in [0.3, 0.4) is 0 Å². The molecule has 2 heterocycles. The van der Waals surface area contributed by atoms with Crippen LogP contribution in [0.25, 0.3) is 17.2 Å². The number of hydrogen-bond acceptors (Lipinski definition) is 4. The van der Waals surface area contributed by atoms with Gasteiger partial charge in [-0.3, -0.25) is 14.5 Å². The summed E-state index contributed by atoms with van der Waals surface area (Å²) >= 11 is 8.39. The summed E-state index contributed by atoms with van der Waals surface area (Å²) in [7, 11) is 0. The fourth-order valence-corrected chi connectivity index (χ4v) is 4.03. The van der Waals surface area contributed by atoms with Crippen LogP contribution in [0.1, 0.15) is 4.88 Å². The molecule has 0 radical (unpaired) electrons.